The number of benzene rings is 1. The zero-order valence-electron chi connectivity index (χ0n) is 10.8. The average molecular weight is 246 g/mol. The standard InChI is InChI=1S/C14H18N2O2/c1-3-6-11(2)18-10-14(17)16-13-8-5-4-7-12(13)9-15/h4-5,7-8,11H,3,6,10H2,1-2H3,(H,16,17). The summed E-state index contributed by atoms with van der Waals surface area (Å²) in [7, 11) is 0. The normalized spacial score (nSPS) is 11.6. The number of para-hydroxylation sites is 1. The summed E-state index contributed by atoms with van der Waals surface area (Å²) in [4.78, 5) is 11.6. The first-order valence-corrected chi connectivity index (χ1v) is 6.08. The summed E-state index contributed by atoms with van der Waals surface area (Å²) in [5, 5.41) is 11.6. The maximum Gasteiger partial charge on any atom is 0.250 e. The summed E-state index contributed by atoms with van der Waals surface area (Å²) >= 11 is 0. The van der Waals surface area contributed by atoms with Gasteiger partial charge in [-0.2, -0.15) is 5.26 Å². The van der Waals surface area contributed by atoms with Gasteiger partial charge in [0.2, 0.25) is 5.91 Å². The zero-order valence-corrected chi connectivity index (χ0v) is 10.8. The van der Waals surface area contributed by atoms with Crippen molar-refractivity contribution >= 4 is 11.6 Å². The molecule has 1 aromatic rings. The molecule has 4 nitrogen and oxygen atoms in total. The Balaban J connectivity index is 2.48. The number of ether oxygens (including phenoxy) is 1. The zero-order chi connectivity index (χ0) is 13.4. The van der Waals surface area contributed by atoms with E-state index < -0.39 is 0 Å². The van der Waals surface area contributed by atoms with Crippen LogP contribution in [-0.2, 0) is 9.53 Å². The fourth-order valence-electron chi connectivity index (χ4n) is 1.58. The third-order valence-corrected chi connectivity index (χ3v) is 2.52. The number of nitrogens with one attached hydrogen (secondary N) is 1. The molecule has 1 atom stereocenters. The van der Waals surface area contributed by atoms with Gasteiger partial charge in [0, 0.05) is 0 Å². The second-order valence-corrected chi connectivity index (χ2v) is 4.12. The largest absolute Gasteiger partial charge is 0.369 e. The summed E-state index contributed by atoms with van der Waals surface area (Å²) < 4.78 is 5.39. The molecule has 1 unspecified atom stereocenters. The van der Waals surface area contributed by atoms with Crippen LogP contribution in [0.25, 0.3) is 0 Å². The van der Waals surface area contributed by atoms with E-state index in [0.717, 1.165) is 12.8 Å². The number of rotatable bonds is 6. The topological polar surface area (TPSA) is 62.1 Å². The molecule has 0 saturated carbocycles. The first kappa shape index (κ1) is 14.2. The molecule has 0 radical (unpaired) electrons. The van der Waals surface area contributed by atoms with Gasteiger partial charge in [-0.15, -0.1) is 0 Å². The van der Waals surface area contributed by atoms with E-state index >= 15 is 0 Å². The molecule has 0 bridgehead atoms. The predicted octanol–water partition coefficient (Wildman–Crippen LogP) is 2.70. The number of anilines is 1. The highest BCUT2D eigenvalue weighted by Crippen LogP contribution is 2.13. The number of amides is 1. The highest BCUT2D eigenvalue weighted by molar-refractivity contribution is 5.92. The molecule has 4 heteroatoms. The van der Waals surface area contributed by atoms with Crippen molar-refractivity contribution < 1.29 is 9.53 Å². The first-order chi connectivity index (χ1) is 8.67. The second-order valence-electron chi connectivity index (χ2n) is 4.12. The van der Waals surface area contributed by atoms with Gasteiger partial charge in [-0.1, -0.05) is 25.5 Å². The van der Waals surface area contributed by atoms with Crippen LogP contribution in [0.5, 0.6) is 0 Å². The van der Waals surface area contributed by atoms with Crippen LogP contribution < -0.4 is 5.32 Å². The van der Waals surface area contributed by atoms with Crippen molar-refractivity contribution in [3.63, 3.8) is 0 Å². The van der Waals surface area contributed by atoms with E-state index in [1.807, 2.05) is 13.0 Å². The predicted molar refractivity (Wildman–Crippen MR) is 70.1 cm³/mol. The van der Waals surface area contributed by atoms with Crippen molar-refractivity contribution in [2.24, 2.45) is 0 Å². The van der Waals surface area contributed by atoms with E-state index in [1.54, 1.807) is 24.3 Å². The van der Waals surface area contributed by atoms with Gasteiger partial charge < -0.3 is 10.1 Å². The number of carbonyl (C=O) groups is 1. The number of hydrogen-bond donors (Lipinski definition) is 1. The first-order valence-electron chi connectivity index (χ1n) is 6.08. The lowest BCUT2D eigenvalue weighted by Crippen LogP contribution is -2.22. The van der Waals surface area contributed by atoms with E-state index in [1.165, 1.54) is 0 Å². The smallest absolute Gasteiger partial charge is 0.250 e. The van der Waals surface area contributed by atoms with Crippen LogP contribution in [0.2, 0.25) is 0 Å². The lowest BCUT2D eigenvalue weighted by Gasteiger charge is -2.12. The van der Waals surface area contributed by atoms with Gasteiger partial charge in [0.15, 0.2) is 0 Å². The van der Waals surface area contributed by atoms with E-state index in [9.17, 15) is 4.79 Å². The summed E-state index contributed by atoms with van der Waals surface area (Å²) in [6.45, 7) is 4.03. The molecule has 0 saturated heterocycles. The molecule has 0 aromatic heterocycles. The molecule has 0 fully saturated rings. The number of carbonyl (C=O) groups excluding carboxylic acids is 1. The van der Waals surface area contributed by atoms with Crippen molar-refractivity contribution in [2.75, 3.05) is 11.9 Å². The maximum absolute atomic E-state index is 11.6. The molecule has 0 aliphatic rings. The Bertz CT molecular complexity index is 438. The molecular weight excluding hydrogens is 228 g/mol. The lowest BCUT2D eigenvalue weighted by atomic mass is 10.2. The number of nitrogens with zero attached hydrogens (tertiary/aromatic N) is 1. The molecule has 0 aliphatic heterocycles. The van der Waals surface area contributed by atoms with E-state index in [2.05, 4.69) is 12.2 Å². The van der Waals surface area contributed by atoms with E-state index in [4.69, 9.17) is 10.00 Å². The minimum absolute atomic E-state index is 0.0148. The average Bonchev–Trinajstić information content (AvgIpc) is 2.37. The van der Waals surface area contributed by atoms with E-state index in [-0.39, 0.29) is 18.6 Å². The Morgan fingerprint density at radius 3 is 2.89 bits per heavy atom. The molecule has 18 heavy (non-hydrogen) atoms. The third-order valence-electron chi connectivity index (χ3n) is 2.52. The molecular formula is C14H18N2O2. The Morgan fingerprint density at radius 1 is 1.50 bits per heavy atom. The SMILES string of the molecule is CCCC(C)OCC(=O)Nc1ccccc1C#N. The van der Waals surface area contributed by atoms with Gasteiger partial charge >= 0.3 is 0 Å². The van der Waals surface area contributed by atoms with Gasteiger partial charge in [-0.25, -0.2) is 0 Å². The molecule has 0 aliphatic carbocycles. The van der Waals surface area contributed by atoms with E-state index in [0.29, 0.717) is 11.3 Å². The van der Waals surface area contributed by atoms with Crippen molar-refractivity contribution in [3.8, 4) is 6.07 Å². The quantitative estimate of drug-likeness (QED) is 0.839. The number of hydrogen-bond acceptors (Lipinski definition) is 3. The van der Waals surface area contributed by atoms with Gasteiger partial charge in [-0.3, -0.25) is 4.79 Å². The summed E-state index contributed by atoms with van der Waals surface area (Å²) in [6.07, 6.45) is 2.04. The monoisotopic (exact) mass is 246 g/mol. The van der Waals surface area contributed by atoms with Crippen LogP contribution >= 0.6 is 0 Å². The van der Waals surface area contributed by atoms with Crippen LogP contribution in [0.15, 0.2) is 24.3 Å². The molecule has 1 N–H and O–H groups in total. The molecule has 96 valence electrons. The van der Waals surface area contributed by atoms with Gasteiger partial charge in [0.1, 0.15) is 12.7 Å². The lowest BCUT2D eigenvalue weighted by molar-refractivity contribution is -0.122. The van der Waals surface area contributed by atoms with Crippen molar-refractivity contribution in [3.05, 3.63) is 29.8 Å². The van der Waals surface area contributed by atoms with Crippen LogP contribution in [0.4, 0.5) is 5.69 Å². The van der Waals surface area contributed by atoms with Crippen LogP contribution in [0.3, 0.4) is 0 Å². The third kappa shape index (κ3) is 4.56. The van der Waals surface area contributed by atoms with Gasteiger partial charge in [0.05, 0.1) is 17.4 Å². The Hall–Kier alpha value is -1.86. The van der Waals surface area contributed by atoms with Crippen molar-refractivity contribution in [1.82, 2.24) is 0 Å². The summed E-state index contributed by atoms with van der Waals surface area (Å²) in [5.74, 6) is -0.236. The Morgan fingerprint density at radius 2 is 2.22 bits per heavy atom. The van der Waals surface area contributed by atoms with Crippen LogP contribution in [0.1, 0.15) is 32.3 Å². The van der Waals surface area contributed by atoms with Gasteiger partial charge in [0.25, 0.3) is 0 Å². The minimum atomic E-state index is -0.236. The molecule has 0 heterocycles. The molecule has 0 spiro atoms. The van der Waals surface area contributed by atoms with Crippen LogP contribution in [-0.4, -0.2) is 18.6 Å². The van der Waals surface area contributed by atoms with Crippen molar-refractivity contribution in [1.29, 1.82) is 5.26 Å². The Labute approximate surface area is 108 Å². The minimum Gasteiger partial charge on any atom is -0.369 e. The summed E-state index contributed by atoms with van der Waals surface area (Å²) in [5.41, 5.74) is 0.976. The molecule has 1 amide bonds. The number of nitriles is 1. The molecule has 1 rings (SSSR count). The fraction of sp³-hybridized carbons (Fsp3) is 0.429. The highest BCUT2D eigenvalue weighted by Gasteiger charge is 2.08. The van der Waals surface area contributed by atoms with Gasteiger partial charge in [-0.05, 0) is 25.5 Å². The second kappa shape index (κ2) is 7.46. The highest BCUT2D eigenvalue weighted by atomic mass is 16.5. The Kier molecular flexibility index (Phi) is 5.89. The van der Waals surface area contributed by atoms with Crippen LogP contribution in [0, 0.1) is 11.3 Å². The van der Waals surface area contributed by atoms with Crippen molar-refractivity contribution in [2.45, 2.75) is 32.8 Å². The molecule has 1 aromatic carbocycles. The summed E-state index contributed by atoms with van der Waals surface area (Å²) in [6, 6.07) is 8.93. The maximum atomic E-state index is 11.6. The fourth-order valence-corrected chi connectivity index (χ4v) is 1.58.